The van der Waals surface area contributed by atoms with Crippen LogP contribution in [0, 0.1) is 0 Å². The quantitative estimate of drug-likeness (QED) is 0.371. The molecule has 0 bridgehead atoms. The number of aliphatic hydroxyl groups is 1. The van der Waals surface area contributed by atoms with Gasteiger partial charge in [-0.2, -0.15) is 0 Å². The number of carbonyl (C=O) groups is 3. The van der Waals surface area contributed by atoms with Crippen LogP contribution >= 0.6 is 0 Å². The smallest absolute Gasteiger partial charge is 0.246 e. The fourth-order valence-electron chi connectivity index (χ4n) is 1.98. The first-order valence-electron chi connectivity index (χ1n) is 8.59. The van der Waals surface area contributed by atoms with E-state index in [1.165, 1.54) is 0 Å². The van der Waals surface area contributed by atoms with Crippen LogP contribution in [0.25, 0.3) is 0 Å². The molecule has 0 fully saturated rings. The first-order valence-corrected chi connectivity index (χ1v) is 8.59. The van der Waals surface area contributed by atoms with Gasteiger partial charge in [0.1, 0.15) is 6.04 Å². The maximum Gasteiger partial charge on any atom is 0.246 e. The third-order valence-corrected chi connectivity index (χ3v) is 3.53. The van der Waals surface area contributed by atoms with Gasteiger partial charge >= 0.3 is 0 Å². The van der Waals surface area contributed by atoms with Crippen LogP contribution < -0.4 is 16.0 Å². The zero-order valence-electron chi connectivity index (χ0n) is 15.6. The highest BCUT2D eigenvalue weighted by Crippen LogP contribution is 2.09. The molecule has 1 rings (SSSR count). The Kier molecular flexibility index (Phi) is 10.7. The van der Waals surface area contributed by atoms with Crippen LogP contribution in [0.1, 0.15) is 18.9 Å². The van der Waals surface area contributed by atoms with Gasteiger partial charge in [-0.25, -0.2) is 0 Å². The molecule has 9 nitrogen and oxygen atoms in total. The van der Waals surface area contributed by atoms with E-state index in [-0.39, 0.29) is 32.1 Å². The zero-order chi connectivity index (χ0) is 20.1. The highest BCUT2D eigenvalue weighted by atomic mass is 16.5. The van der Waals surface area contributed by atoms with E-state index in [0.29, 0.717) is 18.9 Å². The summed E-state index contributed by atoms with van der Waals surface area (Å²) >= 11 is 0. The molecule has 27 heavy (non-hydrogen) atoms. The molecule has 0 radical (unpaired) electrons. The van der Waals surface area contributed by atoms with Gasteiger partial charge in [0.2, 0.25) is 17.7 Å². The van der Waals surface area contributed by atoms with Gasteiger partial charge < -0.3 is 30.5 Å². The molecule has 0 aromatic heterocycles. The Morgan fingerprint density at radius 1 is 1.07 bits per heavy atom. The molecule has 0 unspecified atom stereocenters. The Morgan fingerprint density at radius 2 is 1.78 bits per heavy atom. The van der Waals surface area contributed by atoms with E-state index in [0.717, 1.165) is 5.56 Å². The molecule has 0 heterocycles. The molecule has 0 aliphatic rings. The predicted octanol–water partition coefficient (Wildman–Crippen LogP) is -0.209. The summed E-state index contributed by atoms with van der Waals surface area (Å²) in [6, 6.07) is 5.92. The first kappa shape index (κ1) is 22.6. The third kappa shape index (κ3) is 9.69. The summed E-state index contributed by atoms with van der Waals surface area (Å²) in [6.07, 6.45) is 0.136. The van der Waals surface area contributed by atoms with E-state index in [4.69, 9.17) is 14.6 Å². The number of aliphatic hydroxyl groups excluding tert-OH is 1. The monoisotopic (exact) mass is 381 g/mol. The second-order valence-electron chi connectivity index (χ2n) is 5.77. The van der Waals surface area contributed by atoms with Crippen molar-refractivity contribution in [1.29, 1.82) is 0 Å². The normalized spacial score (nSPS) is 11.5. The third-order valence-electron chi connectivity index (χ3n) is 3.53. The largest absolute Gasteiger partial charge is 0.392 e. The number of rotatable bonds is 12. The zero-order valence-corrected chi connectivity index (χ0v) is 15.6. The number of anilines is 1. The Bertz CT molecular complexity index is 606. The standard InChI is InChI=1S/C18H27N3O6/c1-13(18(25)21-15-5-3-14(12-22)4-6-15)20-17(24)11-19-16(23)7-8-27-10-9-26-2/h3-6,13,22H,7-12H2,1-2H3,(H,19,23)(H,20,24)(H,21,25)/t13-/m0/s1. The molecule has 4 N–H and O–H groups in total. The number of hydrogen-bond donors (Lipinski definition) is 4. The fraction of sp³-hybridized carbons (Fsp3) is 0.500. The number of amides is 3. The van der Waals surface area contributed by atoms with Crippen molar-refractivity contribution in [1.82, 2.24) is 10.6 Å². The van der Waals surface area contributed by atoms with Crippen LogP contribution in [0.4, 0.5) is 5.69 Å². The topological polar surface area (TPSA) is 126 Å². The average Bonchev–Trinajstić information content (AvgIpc) is 2.66. The summed E-state index contributed by atoms with van der Waals surface area (Å²) in [5, 5.41) is 16.6. The van der Waals surface area contributed by atoms with Crippen molar-refractivity contribution in [3.63, 3.8) is 0 Å². The van der Waals surface area contributed by atoms with Gasteiger partial charge in [0.15, 0.2) is 0 Å². The molecule has 1 aromatic carbocycles. The summed E-state index contributed by atoms with van der Waals surface area (Å²) in [6.45, 7) is 2.34. The number of ether oxygens (including phenoxy) is 2. The number of methoxy groups -OCH3 is 1. The van der Waals surface area contributed by atoms with E-state index in [1.807, 2.05) is 0 Å². The minimum absolute atomic E-state index is 0.0777. The van der Waals surface area contributed by atoms with Crippen molar-refractivity contribution in [2.75, 3.05) is 38.8 Å². The van der Waals surface area contributed by atoms with E-state index < -0.39 is 17.9 Å². The lowest BCUT2D eigenvalue weighted by Crippen LogP contribution is -2.46. The van der Waals surface area contributed by atoms with Crippen molar-refractivity contribution in [2.24, 2.45) is 0 Å². The molecule has 9 heteroatoms. The SMILES string of the molecule is COCCOCCC(=O)NCC(=O)N[C@@H](C)C(=O)Nc1ccc(CO)cc1. The van der Waals surface area contributed by atoms with Gasteiger partial charge in [-0.3, -0.25) is 14.4 Å². The maximum atomic E-state index is 12.1. The van der Waals surface area contributed by atoms with Crippen LogP contribution in [0.5, 0.6) is 0 Å². The Morgan fingerprint density at radius 3 is 2.41 bits per heavy atom. The van der Waals surface area contributed by atoms with E-state index in [1.54, 1.807) is 38.3 Å². The lowest BCUT2D eigenvalue weighted by molar-refractivity contribution is -0.128. The Balaban J connectivity index is 2.25. The summed E-state index contributed by atoms with van der Waals surface area (Å²) in [7, 11) is 1.56. The molecule has 1 aromatic rings. The van der Waals surface area contributed by atoms with E-state index >= 15 is 0 Å². The van der Waals surface area contributed by atoms with Gasteiger partial charge in [-0.1, -0.05) is 12.1 Å². The molecule has 0 aliphatic heterocycles. The maximum absolute atomic E-state index is 12.1. The number of nitrogens with one attached hydrogen (secondary N) is 3. The second-order valence-corrected chi connectivity index (χ2v) is 5.77. The molecule has 0 saturated carbocycles. The Labute approximate surface area is 158 Å². The molecule has 0 spiro atoms. The second kappa shape index (κ2) is 12.8. The first-order chi connectivity index (χ1) is 13.0. The number of hydrogen-bond acceptors (Lipinski definition) is 6. The number of carbonyl (C=O) groups excluding carboxylic acids is 3. The molecular formula is C18H27N3O6. The molecule has 3 amide bonds. The molecular weight excluding hydrogens is 354 g/mol. The lowest BCUT2D eigenvalue weighted by atomic mass is 10.2. The fourth-order valence-corrected chi connectivity index (χ4v) is 1.98. The van der Waals surface area contributed by atoms with Crippen LogP contribution in [0.15, 0.2) is 24.3 Å². The van der Waals surface area contributed by atoms with Gasteiger partial charge in [0.05, 0.1) is 33.0 Å². The minimum Gasteiger partial charge on any atom is -0.392 e. The van der Waals surface area contributed by atoms with Crippen molar-refractivity contribution in [3.05, 3.63) is 29.8 Å². The van der Waals surface area contributed by atoms with Crippen molar-refractivity contribution < 1.29 is 29.0 Å². The molecule has 1 atom stereocenters. The van der Waals surface area contributed by atoms with Crippen LogP contribution in [-0.4, -0.2) is 62.3 Å². The summed E-state index contributed by atoms with van der Waals surface area (Å²) in [5.74, 6) is -1.18. The van der Waals surface area contributed by atoms with Crippen molar-refractivity contribution >= 4 is 23.4 Å². The van der Waals surface area contributed by atoms with Gasteiger partial charge in [0, 0.05) is 19.2 Å². The van der Waals surface area contributed by atoms with Crippen molar-refractivity contribution in [3.8, 4) is 0 Å². The van der Waals surface area contributed by atoms with E-state index in [2.05, 4.69) is 16.0 Å². The van der Waals surface area contributed by atoms with Crippen LogP contribution in [0.2, 0.25) is 0 Å². The summed E-state index contributed by atoms with van der Waals surface area (Å²) < 4.78 is 9.98. The van der Waals surface area contributed by atoms with Crippen LogP contribution in [-0.2, 0) is 30.5 Å². The number of benzene rings is 1. The van der Waals surface area contributed by atoms with Crippen LogP contribution in [0.3, 0.4) is 0 Å². The molecule has 0 aliphatic carbocycles. The molecule has 150 valence electrons. The lowest BCUT2D eigenvalue weighted by Gasteiger charge is -2.14. The van der Waals surface area contributed by atoms with E-state index in [9.17, 15) is 14.4 Å². The highest BCUT2D eigenvalue weighted by Gasteiger charge is 2.16. The van der Waals surface area contributed by atoms with Gasteiger partial charge in [-0.15, -0.1) is 0 Å². The average molecular weight is 381 g/mol. The predicted molar refractivity (Wildman–Crippen MR) is 98.9 cm³/mol. The Hall–Kier alpha value is -2.49. The summed E-state index contributed by atoms with van der Waals surface area (Å²) in [4.78, 5) is 35.5. The molecule has 0 saturated heterocycles. The van der Waals surface area contributed by atoms with Crippen molar-refractivity contribution in [2.45, 2.75) is 26.0 Å². The minimum atomic E-state index is -0.774. The van der Waals surface area contributed by atoms with Gasteiger partial charge in [-0.05, 0) is 24.6 Å². The van der Waals surface area contributed by atoms with Gasteiger partial charge in [0.25, 0.3) is 0 Å². The highest BCUT2D eigenvalue weighted by molar-refractivity contribution is 5.97. The summed E-state index contributed by atoms with van der Waals surface area (Å²) in [5.41, 5.74) is 1.29.